The van der Waals surface area contributed by atoms with Crippen LogP contribution in [-0.2, 0) is 28.5 Å². The van der Waals surface area contributed by atoms with Crippen LogP contribution in [-0.4, -0.2) is 82.5 Å². The number of halogens is 3. The minimum absolute atomic E-state index is 0.00708. The third-order valence-corrected chi connectivity index (χ3v) is 6.44. The molecule has 1 unspecified atom stereocenters. The number of amides is 1. The van der Waals surface area contributed by atoms with Crippen molar-refractivity contribution in [2.75, 3.05) is 44.7 Å². The molecule has 0 aromatic carbocycles. The highest BCUT2D eigenvalue weighted by atomic mass is 19.4. The van der Waals surface area contributed by atoms with Crippen LogP contribution in [0.2, 0.25) is 0 Å². The monoisotopic (exact) mass is 552 g/mol. The predicted octanol–water partition coefficient (Wildman–Crippen LogP) is 3.18. The Balaban J connectivity index is 1.54. The van der Waals surface area contributed by atoms with E-state index in [9.17, 15) is 27.9 Å². The highest BCUT2D eigenvalue weighted by Gasteiger charge is 2.37. The van der Waals surface area contributed by atoms with Gasteiger partial charge in [0.15, 0.2) is 5.69 Å². The van der Waals surface area contributed by atoms with Crippen LogP contribution in [0, 0.1) is 0 Å². The zero-order valence-electron chi connectivity index (χ0n) is 22.0. The zero-order chi connectivity index (χ0) is 28.3. The maximum Gasteiger partial charge on any atom is 0.418 e. The molecule has 214 valence electrons. The van der Waals surface area contributed by atoms with Gasteiger partial charge >= 0.3 is 12.1 Å². The van der Waals surface area contributed by atoms with Crippen LogP contribution in [0.15, 0.2) is 24.4 Å². The number of rotatable bonds is 15. The van der Waals surface area contributed by atoms with E-state index in [1.807, 2.05) is 11.8 Å². The van der Waals surface area contributed by atoms with E-state index in [2.05, 4.69) is 33.0 Å². The fourth-order valence-corrected chi connectivity index (χ4v) is 4.35. The van der Waals surface area contributed by atoms with E-state index >= 15 is 0 Å². The van der Waals surface area contributed by atoms with Gasteiger partial charge in [-0.3, -0.25) is 4.79 Å². The molecule has 0 saturated heterocycles. The van der Waals surface area contributed by atoms with Gasteiger partial charge in [0.25, 0.3) is 5.91 Å². The number of hydrogen-bond acceptors (Lipinski definition) is 8. The average Bonchev–Trinajstić information content (AvgIpc) is 2.92. The van der Waals surface area contributed by atoms with Crippen LogP contribution in [0.25, 0.3) is 0 Å². The molecule has 0 aliphatic carbocycles. The highest BCUT2D eigenvalue weighted by Crippen LogP contribution is 2.30. The number of carbonyl (C=O) groups excluding carboxylic acids is 1. The summed E-state index contributed by atoms with van der Waals surface area (Å²) < 4.78 is 45.2. The van der Waals surface area contributed by atoms with E-state index in [0.717, 1.165) is 56.4 Å². The van der Waals surface area contributed by atoms with Gasteiger partial charge in [0.2, 0.25) is 0 Å². The number of aryl methyl sites for hydroxylation is 2. The quantitative estimate of drug-likeness (QED) is 0.285. The van der Waals surface area contributed by atoms with Crippen molar-refractivity contribution in [2.45, 2.75) is 57.7 Å². The number of unbranched alkanes of at least 4 members (excludes halogenated alkanes) is 1. The number of carboxylic acids is 1. The van der Waals surface area contributed by atoms with Crippen molar-refractivity contribution in [1.29, 1.82) is 0 Å². The van der Waals surface area contributed by atoms with Crippen molar-refractivity contribution in [2.24, 2.45) is 0 Å². The van der Waals surface area contributed by atoms with Crippen LogP contribution < -0.4 is 10.6 Å². The van der Waals surface area contributed by atoms with Gasteiger partial charge in [0, 0.05) is 31.9 Å². The summed E-state index contributed by atoms with van der Waals surface area (Å²) in [4.78, 5) is 31.1. The Bertz CT molecular complexity index is 1100. The molecule has 3 heterocycles. The smallest absolute Gasteiger partial charge is 0.418 e. The van der Waals surface area contributed by atoms with Gasteiger partial charge in [-0.2, -0.15) is 18.3 Å². The molecule has 1 atom stereocenters. The first-order valence-corrected chi connectivity index (χ1v) is 13.1. The van der Waals surface area contributed by atoms with Crippen molar-refractivity contribution in [3.8, 4) is 0 Å². The average molecular weight is 553 g/mol. The summed E-state index contributed by atoms with van der Waals surface area (Å²) in [5.74, 6) is -1.63. The van der Waals surface area contributed by atoms with Crippen LogP contribution in [0.1, 0.15) is 59.9 Å². The van der Waals surface area contributed by atoms with E-state index in [1.54, 1.807) is 0 Å². The van der Waals surface area contributed by atoms with E-state index in [0.29, 0.717) is 38.9 Å². The summed E-state index contributed by atoms with van der Waals surface area (Å²) in [7, 11) is 0. The Labute approximate surface area is 225 Å². The van der Waals surface area contributed by atoms with Gasteiger partial charge in [-0.1, -0.05) is 6.07 Å². The summed E-state index contributed by atoms with van der Waals surface area (Å²) in [6.07, 6.45) is 0.636. The first-order valence-electron chi connectivity index (χ1n) is 13.1. The maximum atomic E-state index is 13.2. The van der Waals surface area contributed by atoms with Gasteiger partial charge < -0.3 is 25.4 Å². The minimum Gasteiger partial charge on any atom is -0.480 e. The number of aliphatic carboxylic acids is 1. The molecule has 0 fully saturated rings. The first-order chi connectivity index (χ1) is 18.7. The van der Waals surface area contributed by atoms with E-state index in [1.165, 1.54) is 5.56 Å². The second-order valence-corrected chi connectivity index (χ2v) is 9.28. The lowest BCUT2D eigenvalue weighted by Crippen LogP contribution is -2.44. The molecule has 0 saturated carbocycles. The predicted molar refractivity (Wildman–Crippen MR) is 137 cm³/mol. The third kappa shape index (κ3) is 9.43. The molecule has 1 amide bonds. The number of carboxylic acid groups (broad SMARTS) is 1. The van der Waals surface area contributed by atoms with Crippen molar-refractivity contribution in [1.82, 2.24) is 25.4 Å². The van der Waals surface area contributed by atoms with E-state index in [-0.39, 0.29) is 6.42 Å². The number of fused-ring (bicyclic) bond motifs is 1. The molecule has 3 N–H and O–H groups in total. The van der Waals surface area contributed by atoms with Crippen LogP contribution >= 0.6 is 0 Å². The Morgan fingerprint density at radius 1 is 1.21 bits per heavy atom. The Morgan fingerprint density at radius 3 is 2.77 bits per heavy atom. The molecule has 3 rings (SSSR count). The molecule has 0 spiro atoms. The highest BCUT2D eigenvalue weighted by molar-refractivity contribution is 5.96. The van der Waals surface area contributed by atoms with Gasteiger partial charge in [-0.05, 0) is 69.7 Å². The summed E-state index contributed by atoms with van der Waals surface area (Å²) in [5, 5.41) is 21.8. The molecule has 1 aliphatic rings. The molecule has 13 heteroatoms. The number of carbonyl (C=O) groups is 2. The summed E-state index contributed by atoms with van der Waals surface area (Å²) in [6.45, 7) is 5.32. The fraction of sp³-hybridized carbons (Fsp3) is 0.577. The second-order valence-electron chi connectivity index (χ2n) is 9.28. The van der Waals surface area contributed by atoms with Crippen molar-refractivity contribution >= 4 is 17.7 Å². The molecular formula is C26H35F3N6O4. The number of pyridine rings is 1. The molecular weight excluding hydrogens is 517 g/mol. The molecule has 0 bridgehead atoms. The standard InChI is InChI=1S/C26H35F3N6O4/c1-2-39-17-16-35(14-4-3-7-19-9-8-18-6-5-12-30-23(18)32-19)15-11-21(25(37)38)33-24(36)22-20(26(27,28)29)10-13-31-34-22/h8-10,13,21H,2-7,11-12,14-17H2,1H3,(H,30,32)(H,33,36)(H,37,38). The Morgan fingerprint density at radius 2 is 2.03 bits per heavy atom. The lowest BCUT2D eigenvalue weighted by Gasteiger charge is -2.24. The molecule has 39 heavy (non-hydrogen) atoms. The van der Waals surface area contributed by atoms with Crippen LogP contribution in [0.5, 0.6) is 0 Å². The minimum atomic E-state index is -4.83. The molecule has 0 radical (unpaired) electrons. The largest absolute Gasteiger partial charge is 0.480 e. The fourth-order valence-electron chi connectivity index (χ4n) is 4.35. The third-order valence-electron chi connectivity index (χ3n) is 6.44. The molecule has 1 aliphatic heterocycles. The molecule has 10 nitrogen and oxygen atoms in total. The Kier molecular flexibility index (Phi) is 11.4. The number of nitrogens with zero attached hydrogens (tertiary/aromatic N) is 4. The van der Waals surface area contributed by atoms with Gasteiger partial charge in [0.05, 0.1) is 18.4 Å². The normalized spacial score (nSPS) is 14.0. The maximum absolute atomic E-state index is 13.2. The SMILES string of the molecule is CCOCCN(CCCCc1ccc2c(n1)NCCC2)CCC(NC(=O)c1nnccc1C(F)(F)F)C(=O)O. The second kappa shape index (κ2) is 14.7. The lowest BCUT2D eigenvalue weighted by atomic mass is 10.1. The van der Waals surface area contributed by atoms with E-state index in [4.69, 9.17) is 9.72 Å². The number of nitrogens with one attached hydrogen (secondary N) is 2. The van der Waals surface area contributed by atoms with Gasteiger partial charge in [-0.15, -0.1) is 5.10 Å². The summed E-state index contributed by atoms with van der Waals surface area (Å²) >= 11 is 0. The van der Waals surface area contributed by atoms with E-state index < -0.39 is 35.4 Å². The van der Waals surface area contributed by atoms with Crippen LogP contribution in [0.4, 0.5) is 19.0 Å². The first kappa shape index (κ1) is 30.2. The Hall–Kier alpha value is -3.32. The van der Waals surface area contributed by atoms with Gasteiger partial charge in [0.1, 0.15) is 11.9 Å². The molecule has 2 aromatic rings. The van der Waals surface area contributed by atoms with Crippen molar-refractivity contribution < 1.29 is 32.6 Å². The number of aromatic nitrogens is 3. The summed E-state index contributed by atoms with van der Waals surface area (Å²) in [5.41, 5.74) is 0.0122. The van der Waals surface area contributed by atoms with Crippen LogP contribution in [0.3, 0.4) is 0 Å². The number of ether oxygens (including phenoxy) is 1. The number of alkyl halides is 3. The van der Waals surface area contributed by atoms with Gasteiger partial charge in [-0.25, -0.2) is 9.78 Å². The number of hydrogen-bond donors (Lipinski definition) is 3. The summed E-state index contributed by atoms with van der Waals surface area (Å²) in [6, 6.07) is 3.41. The topological polar surface area (TPSA) is 130 Å². The van der Waals surface area contributed by atoms with Crippen molar-refractivity contribution in [3.05, 3.63) is 46.9 Å². The molecule has 2 aromatic heterocycles. The lowest BCUT2D eigenvalue weighted by molar-refractivity contribution is -0.139. The van der Waals surface area contributed by atoms with Crippen molar-refractivity contribution in [3.63, 3.8) is 0 Å². The zero-order valence-corrected chi connectivity index (χ0v) is 22.0. The number of anilines is 1.